The molecule has 0 atom stereocenters. The van der Waals surface area contributed by atoms with Gasteiger partial charge in [-0.1, -0.05) is 30.3 Å². The molecule has 0 unspecified atom stereocenters. The summed E-state index contributed by atoms with van der Waals surface area (Å²) in [7, 11) is -5.01. The number of aliphatic carboxylic acids is 1. The average molecular weight is 272 g/mol. The molecule has 0 amide bonds. The van der Waals surface area contributed by atoms with Gasteiger partial charge in [0.1, 0.15) is 10.1 Å². The summed E-state index contributed by atoms with van der Waals surface area (Å²) in [4.78, 5) is 9.12. The van der Waals surface area contributed by atoms with Gasteiger partial charge in [-0.15, -0.1) is 0 Å². The van der Waals surface area contributed by atoms with Crippen molar-refractivity contribution in [3.8, 4) is 0 Å². The van der Waals surface area contributed by atoms with Gasteiger partial charge in [-0.2, -0.15) is 0 Å². The molecule has 17 heavy (non-hydrogen) atoms. The summed E-state index contributed by atoms with van der Waals surface area (Å²) >= 11 is 0. The molecule has 0 heterocycles. The van der Waals surface area contributed by atoms with Crippen LogP contribution in [0.1, 0.15) is 5.56 Å². The summed E-state index contributed by atoms with van der Waals surface area (Å²) in [6.07, 6.45) is 0.762. The van der Waals surface area contributed by atoms with E-state index in [1.54, 1.807) is 18.2 Å². The quantitative estimate of drug-likeness (QED) is 0.309. The van der Waals surface area contributed by atoms with Crippen LogP contribution >= 0.6 is 0 Å². The van der Waals surface area contributed by atoms with Crippen molar-refractivity contribution in [2.45, 2.75) is 0 Å². The van der Waals surface area contributed by atoms with Crippen molar-refractivity contribution >= 4 is 22.2 Å². The van der Waals surface area contributed by atoms with Gasteiger partial charge in [0, 0.05) is 0 Å². The average Bonchev–Trinajstić information content (AvgIpc) is 2.13. The van der Waals surface area contributed by atoms with E-state index in [2.05, 4.69) is 0 Å². The number of hydrogen-bond donors (Lipinski definition) is 0. The molecule has 1 aromatic carbocycles. The Kier molecular flexibility index (Phi) is 9.77. The largest absolute Gasteiger partial charge is 1.00 e. The molecule has 5 nitrogen and oxygen atoms in total. The molecule has 0 radical (unpaired) electrons. The van der Waals surface area contributed by atoms with Crippen LogP contribution in [-0.4, -0.2) is 18.9 Å². The Balaban J connectivity index is 0. The summed E-state index contributed by atoms with van der Waals surface area (Å²) in [5, 5.41) is 10.4. The first-order valence-electron chi connectivity index (χ1n) is 3.85. The number of carbonyl (C=O) groups is 1. The predicted octanol–water partition coefficient (Wildman–Crippen LogP) is -6.67. The number of benzene rings is 1. The second-order valence-electron chi connectivity index (χ2n) is 2.66. The Morgan fingerprint density at radius 3 is 1.94 bits per heavy atom. The van der Waals surface area contributed by atoms with E-state index in [0.717, 1.165) is 6.08 Å². The zero-order valence-electron chi connectivity index (χ0n) is 9.41. The van der Waals surface area contributed by atoms with E-state index in [1.807, 2.05) is 0 Å². The molecule has 0 N–H and O–H groups in total. The van der Waals surface area contributed by atoms with Crippen molar-refractivity contribution in [1.29, 1.82) is 0 Å². The second kappa shape index (κ2) is 8.44. The molecule has 0 fully saturated rings. The second-order valence-corrected chi connectivity index (χ2v) is 4.01. The van der Waals surface area contributed by atoms with Gasteiger partial charge >= 0.3 is 59.1 Å². The van der Waals surface area contributed by atoms with Gasteiger partial charge in [-0.25, -0.2) is 8.42 Å². The van der Waals surface area contributed by atoms with Crippen molar-refractivity contribution < 1.29 is 82.0 Å². The van der Waals surface area contributed by atoms with Crippen molar-refractivity contribution in [3.05, 3.63) is 40.8 Å². The van der Waals surface area contributed by atoms with Gasteiger partial charge in [-0.3, -0.25) is 0 Å². The molecular formula is C9H6Na2O5S. The zero-order valence-corrected chi connectivity index (χ0v) is 14.2. The number of carboxylic acids is 1. The molecule has 0 aliphatic rings. The van der Waals surface area contributed by atoms with Crippen LogP contribution in [0.25, 0.3) is 6.08 Å². The number of rotatable bonds is 3. The molecule has 0 saturated carbocycles. The van der Waals surface area contributed by atoms with Crippen LogP contribution in [0.5, 0.6) is 0 Å². The predicted molar refractivity (Wildman–Crippen MR) is 49.1 cm³/mol. The van der Waals surface area contributed by atoms with E-state index in [9.17, 15) is 22.9 Å². The fraction of sp³-hybridized carbons (Fsp3) is 0. The molecule has 0 aromatic heterocycles. The molecule has 0 saturated heterocycles. The molecule has 0 aliphatic carbocycles. The van der Waals surface area contributed by atoms with E-state index >= 15 is 0 Å². The van der Waals surface area contributed by atoms with E-state index in [0.29, 0.717) is 5.56 Å². The Bertz CT molecular complexity index is 495. The van der Waals surface area contributed by atoms with Gasteiger partial charge in [-0.05, 0) is 11.6 Å². The van der Waals surface area contributed by atoms with E-state index in [-0.39, 0.29) is 59.1 Å². The number of carbonyl (C=O) groups excluding carboxylic acids is 1. The summed E-state index contributed by atoms with van der Waals surface area (Å²) in [6, 6.07) is 7.76. The van der Waals surface area contributed by atoms with Gasteiger partial charge in [0.15, 0.2) is 0 Å². The Labute approximate surface area is 143 Å². The normalized spacial score (nSPS) is 11.0. The molecular weight excluding hydrogens is 266 g/mol. The van der Waals surface area contributed by atoms with Crippen LogP contribution < -0.4 is 64.2 Å². The standard InChI is InChI=1S/C9H8O5S.2Na/c10-9(11)8(15(12,13)14)6-7-4-2-1-3-5-7;;/h1-6H,(H,10,11)(H,12,13,14);;/q;2*+1/p-2. The summed E-state index contributed by atoms with van der Waals surface area (Å²) in [5.41, 5.74) is 0.302. The van der Waals surface area contributed by atoms with Gasteiger partial charge in [0.05, 0.1) is 10.9 Å². The Hall–Kier alpha value is 0.340. The minimum atomic E-state index is -5.01. The molecule has 1 aromatic rings. The van der Waals surface area contributed by atoms with Crippen LogP contribution in [0.4, 0.5) is 0 Å². The van der Waals surface area contributed by atoms with Crippen molar-refractivity contribution in [1.82, 2.24) is 0 Å². The minimum absolute atomic E-state index is 0. The zero-order chi connectivity index (χ0) is 11.5. The third-order valence-electron chi connectivity index (χ3n) is 1.57. The third-order valence-corrected chi connectivity index (χ3v) is 2.39. The van der Waals surface area contributed by atoms with Crippen LogP contribution in [0.2, 0.25) is 0 Å². The Morgan fingerprint density at radius 2 is 1.59 bits per heavy atom. The Morgan fingerprint density at radius 1 is 1.12 bits per heavy atom. The van der Waals surface area contributed by atoms with Crippen molar-refractivity contribution in [2.24, 2.45) is 0 Å². The van der Waals surface area contributed by atoms with Gasteiger partial charge in [0.2, 0.25) is 0 Å². The summed E-state index contributed by atoms with van der Waals surface area (Å²) in [6.45, 7) is 0. The van der Waals surface area contributed by atoms with Crippen LogP contribution in [0, 0.1) is 0 Å². The van der Waals surface area contributed by atoms with Crippen molar-refractivity contribution in [2.75, 3.05) is 0 Å². The van der Waals surface area contributed by atoms with Crippen LogP contribution in [0.3, 0.4) is 0 Å². The van der Waals surface area contributed by atoms with Crippen LogP contribution in [0.15, 0.2) is 35.2 Å². The summed E-state index contributed by atoms with van der Waals surface area (Å²) in [5.74, 6) is -2.01. The molecule has 80 valence electrons. The molecule has 0 aliphatic heterocycles. The topological polar surface area (TPSA) is 97.3 Å². The maximum atomic E-state index is 10.5. The van der Waals surface area contributed by atoms with Crippen LogP contribution in [-0.2, 0) is 14.9 Å². The van der Waals surface area contributed by atoms with E-state index < -0.39 is 21.0 Å². The maximum absolute atomic E-state index is 10.5. The first kappa shape index (κ1) is 19.7. The molecule has 0 bridgehead atoms. The maximum Gasteiger partial charge on any atom is 1.00 e. The molecule has 1 rings (SSSR count). The van der Waals surface area contributed by atoms with E-state index in [4.69, 9.17) is 0 Å². The third kappa shape index (κ3) is 6.73. The first-order chi connectivity index (χ1) is 6.91. The van der Waals surface area contributed by atoms with E-state index in [1.165, 1.54) is 12.1 Å². The van der Waals surface area contributed by atoms with Crippen molar-refractivity contribution in [3.63, 3.8) is 0 Å². The monoisotopic (exact) mass is 272 g/mol. The molecule has 8 heteroatoms. The number of carboxylic acid groups (broad SMARTS) is 1. The first-order valence-corrected chi connectivity index (χ1v) is 5.26. The molecule has 0 spiro atoms. The van der Waals surface area contributed by atoms with Gasteiger partial charge < -0.3 is 14.5 Å². The SMILES string of the molecule is O=C([O-])C(=Cc1ccccc1)S(=O)(=O)[O-].[Na+].[Na+]. The summed E-state index contributed by atoms with van der Waals surface area (Å²) < 4.78 is 31.6. The number of hydrogen-bond acceptors (Lipinski definition) is 5. The minimum Gasteiger partial charge on any atom is -0.744 e. The van der Waals surface area contributed by atoms with Gasteiger partial charge in [0.25, 0.3) is 0 Å². The smallest absolute Gasteiger partial charge is 0.744 e. The fourth-order valence-electron chi connectivity index (χ4n) is 0.934. The fourth-order valence-corrected chi connectivity index (χ4v) is 1.42.